The fourth-order valence-electron chi connectivity index (χ4n) is 4.15. The van der Waals surface area contributed by atoms with Gasteiger partial charge in [-0.2, -0.15) is 0 Å². The Morgan fingerprint density at radius 2 is 1.97 bits per heavy atom. The number of likely N-dealkylation sites (tertiary alicyclic amines) is 1. The lowest BCUT2D eigenvalue weighted by molar-refractivity contribution is -0.129. The second-order valence-corrected chi connectivity index (χ2v) is 8.22. The maximum atomic E-state index is 13.1. The number of ether oxygens (including phenoxy) is 2. The largest absolute Gasteiger partial charge is 0.493 e. The van der Waals surface area contributed by atoms with Crippen molar-refractivity contribution in [3.8, 4) is 11.5 Å². The van der Waals surface area contributed by atoms with E-state index in [0.29, 0.717) is 17.3 Å². The Hall–Kier alpha value is -2.67. The first-order chi connectivity index (χ1) is 14.7. The molecular formula is C23H27N3O3S. The van der Waals surface area contributed by atoms with Crippen molar-refractivity contribution in [2.75, 3.05) is 26.5 Å². The predicted octanol–water partition coefficient (Wildman–Crippen LogP) is 4.53. The fraction of sp³-hybridized carbons (Fsp3) is 0.391. The van der Waals surface area contributed by atoms with E-state index in [-0.39, 0.29) is 11.9 Å². The molecule has 0 bridgehead atoms. The molecule has 1 aliphatic heterocycles. The number of aryl methyl sites for hydroxylation is 1. The highest BCUT2D eigenvalue weighted by atomic mass is 32.2. The number of methoxy groups -OCH3 is 2. The number of para-hydroxylation sites is 2. The Kier molecular flexibility index (Phi) is 6.18. The smallest absolute Gasteiger partial charge is 0.233 e. The molecule has 1 fully saturated rings. The van der Waals surface area contributed by atoms with E-state index in [9.17, 15) is 4.79 Å². The van der Waals surface area contributed by atoms with Gasteiger partial charge in [-0.1, -0.05) is 30.0 Å². The number of hydrogen-bond donors (Lipinski definition) is 0. The molecule has 0 radical (unpaired) electrons. The first kappa shape index (κ1) is 20.6. The van der Waals surface area contributed by atoms with E-state index >= 15 is 0 Å². The number of nitrogens with zero attached hydrogens (tertiary/aromatic N) is 3. The number of fused-ring (bicyclic) bond motifs is 1. The third kappa shape index (κ3) is 3.86. The molecule has 1 aromatic heterocycles. The normalized spacial score (nSPS) is 16.2. The van der Waals surface area contributed by atoms with Gasteiger partial charge in [0.1, 0.15) is 0 Å². The van der Waals surface area contributed by atoms with E-state index in [0.717, 1.165) is 47.7 Å². The number of amides is 1. The molecule has 3 aromatic rings. The van der Waals surface area contributed by atoms with E-state index in [1.54, 1.807) is 14.2 Å². The summed E-state index contributed by atoms with van der Waals surface area (Å²) < 4.78 is 13.0. The molecule has 158 valence electrons. The summed E-state index contributed by atoms with van der Waals surface area (Å²) in [4.78, 5) is 19.8. The lowest BCUT2D eigenvalue weighted by atomic mass is 10.0. The average molecular weight is 426 g/mol. The zero-order chi connectivity index (χ0) is 21.1. The van der Waals surface area contributed by atoms with E-state index in [1.165, 1.54) is 11.8 Å². The van der Waals surface area contributed by atoms with Gasteiger partial charge < -0.3 is 18.9 Å². The molecule has 1 unspecified atom stereocenters. The number of imidazole rings is 1. The minimum Gasteiger partial charge on any atom is -0.493 e. The van der Waals surface area contributed by atoms with Crippen LogP contribution in [-0.4, -0.2) is 46.9 Å². The van der Waals surface area contributed by atoms with Crippen LogP contribution in [-0.2, 0) is 11.3 Å². The summed E-state index contributed by atoms with van der Waals surface area (Å²) in [6.45, 7) is 3.71. The third-order valence-corrected chi connectivity index (χ3v) is 6.59. The van der Waals surface area contributed by atoms with Gasteiger partial charge in [0.05, 0.1) is 37.0 Å². The van der Waals surface area contributed by atoms with Crippen LogP contribution in [0.1, 0.15) is 31.4 Å². The van der Waals surface area contributed by atoms with E-state index < -0.39 is 0 Å². The molecule has 1 amide bonds. The summed E-state index contributed by atoms with van der Waals surface area (Å²) in [7, 11) is 3.26. The number of rotatable bonds is 7. The van der Waals surface area contributed by atoms with Crippen molar-refractivity contribution < 1.29 is 14.3 Å². The number of aromatic nitrogens is 2. The average Bonchev–Trinajstić information content (AvgIpc) is 3.41. The number of carbonyl (C=O) groups is 1. The monoisotopic (exact) mass is 425 g/mol. The number of carbonyl (C=O) groups excluding carboxylic acids is 1. The second kappa shape index (κ2) is 9.00. The van der Waals surface area contributed by atoms with E-state index in [1.807, 2.05) is 41.3 Å². The van der Waals surface area contributed by atoms with Crippen LogP contribution in [0.15, 0.2) is 47.6 Å². The first-order valence-electron chi connectivity index (χ1n) is 10.3. The van der Waals surface area contributed by atoms with Crippen molar-refractivity contribution in [2.45, 2.75) is 37.5 Å². The Labute approximate surface area is 181 Å². The van der Waals surface area contributed by atoms with Crippen LogP contribution in [0.25, 0.3) is 11.0 Å². The first-order valence-corrected chi connectivity index (χ1v) is 11.2. The molecular weight excluding hydrogens is 398 g/mol. The van der Waals surface area contributed by atoms with Crippen molar-refractivity contribution in [3.63, 3.8) is 0 Å². The fourth-order valence-corrected chi connectivity index (χ4v) is 5.11. The molecule has 2 heterocycles. The van der Waals surface area contributed by atoms with Crippen LogP contribution >= 0.6 is 11.8 Å². The molecule has 0 N–H and O–H groups in total. The summed E-state index contributed by atoms with van der Waals surface area (Å²) >= 11 is 1.52. The van der Waals surface area contributed by atoms with Crippen LogP contribution in [0.3, 0.4) is 0 Å². The van der Waals surface area contributed by atoms with Crippen LogP contribution in [0.5, 0.6) is 11.5 Å². The molecule has 4 rings (SSSR count). The van der Waals surface area contributed by atoms with Crippen LogP contribution in [0, 0.1) is 0 Å². The standard InChI is InChI=1S/C23H27N3O3S/c1-4-25-19-9-6-5-8-17(19)24-23(25)30-15-22(27)26-13-7-10-18(26)16-11-12-20(28-2)21(14-16)29-3/h5-6,8-9,11-12,14,18H,4,7,10,13,15H2,1-3H3. The SMILES string of the molecule is CCn1c(SCC(=O)N2CCCC2c2ccc(OC)c(OC)c2)nc2ccccc21. The van der Waals surface area contributed by atoms with Crippen molar-refractivity contribution in [1.29, 1.82) is 0 Å². The van der Waals surface area contributed by atoms with Crippen LogP contribution in [0.2, 0.25) is 0 Å². The Morgan fingerprint density at radius 1 is 1.17 bits per heavy atom. The van der Waals surface area contributed by atoms with Crippen LogP contribution in [0.4, 0.5) is 0 Å². The molecule has 0 spiro atoms. The maximum absolute atomic E-state index is 13.1. The Morgan fingerprint density at radius 3 is 2.73 bits per heavy atom. The number of hydrogen-bond acceptors (Lipinski definition) is 5. The van der Waals surface area contributed by atoms with Gasteiger partial charge in [0.25, 0.3) is 0 Å². The molecule has 1 aliphatic rings. The minimum atomic E-state index is 0.0721. The molecule has 2 aromatic carbocycles. The second-order valence-electron chi connectivity index (χ2n) is 7.28. The van der Waals surface area contributed by atoms with Gasteiger partial charge in [0.2, 0.25) is 5.91 Å². The van der Waals surface area contributed by atoms with Crippen molar-refractivity contribution in [1.82, 2.24) is 14.5 Å². The molecule has 30 heavy (non-hydrogen) atoms. The highest BCUT2D eigenvalue weighted by Gasteiger charge is 2.30. The summed E-state index contributed by atoms with van der Waals surface area (Å²) in [6.07, 6.45) is 1.96. The predicted molar refractivity (Wildman–Crippen MR) is 119 cm³/mol. The zero-order valence-corrected chi connectivity index (χ0v) is 18.4. The lowest BCUT2D eigenvalue weighted by Crippen LogP contribution is -2.32. The quantitative estimate of drug-likeness (QED) is 0.521. The zero-order valence-electron chi connectivity index (χ0n) is 17.6. The van der Waals surface area contributed by atoms with Crippen LogP contribution < -0.4 is 9.47 Å². The summed E-state index contributed by atoms with van der Waals surface area (Å²) in [5, 5.41) is 0.897. The number of thioether (sulfide) groups is 1. The van der Waals surface area contributed by atoms with Crippen molar-refractivity contribution in [3.05, 3.63) is 48.0 Å². The molecule has 1 saturated heterocycles. The molecule has 0 aliphatic carbocycles. The van der Waals surface area contributed by atoms with Crippen molar-refractivity contribution >= 4 is 28.7 Å². The Balaban J connectivity index is 1.49. The summed E-state index contributed by atoms with van der Waals surface area (Å²) in [5.41, 5.74) is 3.17. The summed E-state index contributed by atoms with van der Waals surface area (Å²) in [5.74, 6) is 1.92. The topological polar surface area (TPSA) is 56.6 Å². The van der Waals surface area contributed by atoms with Gasteiger partial charge in [0, 0.05) is 13.1 Å². The third-order valence-electron chi connectivity index (χ3n) is 5.63. The van der Waals surface area contributed by atoms with Crippen molar-refractivity contribution in [2.24, 2.45) is 0 Å². The molecule has 7 heteroatoms. The van der Waals surface area contributed by atoms with Gasteiger partial charge in [-0.25, -0.2) is 4.98 Å². The van der Waals surface area contributed by atoms with Gasteiger partial charge in [0.15, 0.2) is 16.7 Å². The minimum absolute atomic E-state index is 0.0721. The lowest BCUT2D eigenvalue weighted by Gasteiger charge is -2.25. The number of benzene rings is 2. The Bertz CT molecular complexity index is 1050. The molecule has 1 atom stereocenters. The highest BCUT2D eigenvalue weighted by Crippen LogP contribution is 2.37. The van der Waals surface area contributed by atoms with E-state index in [4.69, 9.17) is 14.5 Å². The van der Waals surface area contributed by atoms with Gasteiger partial charge in [-0.05, 0) is 49.6 Å². The highest BCUT2D eigenvalue weighted by molar-refractivity contribution is 7.99. The molecule has 0 saturated carbocycles. The van der Waals surface area contributed by atoms with Gasteiger partial charge in [-0.3, -0.25) is 4.79 Å². The van der Waals surface area contributed by atoms with Gasteiger partial charge >= 0.3 is 0 Å². The summed E-state index contributed by atoms with van der Waals surface area (Å²) in [6, 6.07) is 14.1. The van der Waals surface area contributed by atoms with E-state index in [2.05, 4.69) is 17.6 Å². The maximum Gasteiger partial charge on any atom is 0.233 e. The molecule has 6 nitrogen and oxygen atoms in total. The van der Waals surface area contributed by atoms with Gasteiger partial charge in [-0.15, -0.1) is 0 Å².